The van der Waals surface area contributed by atoms with Crippen LogP contribution in [0.5, 0.6) is 11.5 Å². The number of phenolic OH excluding ortho intramolecular Hbond substituents is 1. The van der Waals surface area contributed by atoms with Crippen molar-refractivity contribution >= 4 is 12.1 Å². The lowest BCUT2D eigenvalue weighted by molar-refractivity contribution is 0.0949. The highest BCUT2D eigenvalue weighted by molar-refractivity contribution is 5.94. The Kier molecular flexibility index (Phi) is 3.78. The quantitative estimate of drug-likeness (QED) is 0.586. The first-order chi connectivity index (χ1) is 10.7. The zero-order valence-corrected chi connectivity index (χ0v) is 12.1. The van der Waals surface area contributed by atoms with E-state index < -0.39 is 0 Å². The van der Waals surface area contributed by atoms with E-state index in [1.54, 1.807) is 12.1 Å². The number of ether oxygens (including phenoxy) is 1. The number of methoxy groups -OCH3 is 1. The Morgan fingerprint density at radius 1 is 1.50 bits per heavy atom. The van der Waals surface area contributed by atoms with E-state index in [0.717, 1.165) is 30.5 Å². The summed E-state index contributed by atoms with van der Waals surface area (Å²) in [5.41, 5.74) is 5.51. The van der Waals surface area contributed by atoms with Gasteiger partial charge in [-0.05, 0) is 43.0 Å². The van der Waals surface area contributed by atoms with Gasteiger partial charge in [0.15, 0.2) is 17.2 Å². The van der Waals surface area contributed by atoms with Gasteiger partial charge >= 0.3 is 0 Å². The lowest BCUT2D eigenvalue weighted by Gasteiger charge is -2.03. The number of phenols is 1. The molecule has 0 saturated carbocycles. The average Bonchev–Trinajstić information content (AvgIpc) is 3.10. The van der Waals surface area contributed by atoms with Crippen molar-refractivity contribution in [2.45, 2.75) is 19.3 Å². The molecule has 1 amide bonds. The number of carbonyl (C=O) groups excluding carboxylic acids is 1. The SMILES string of the molecule is COc1ccc(C=NNC(=O)c2n[nH]c3c2CCC3)cc1O. The van der Waals surface area contributed by atoms with Gasteiger partial charge in [-0.15, -0.1) is 0 Å². The molecule has 0 saturated heterocycles. The molecular formula is C15H16N4O3. The second-order valence-electron chi connectivity index (χ2n) is 5.01. The topological polar surface area (TPSA) is 99.6 Å². The Morgan fingerprint density at radius 2 is 2.36 bits per heavy atom. The summed E-state index contributed by atoms with van der Waals surface area (Å²) in [6.07, 6.45) is 4.29. The number of fused-ring (bicyclic) bond motifs is 1. The Bertz CT molecular complexity index is 736. The van der Waals surface area contributed by atoms with Crippen molar-refractivity contribution in [2.24, 2.45) is 5.10 Å². The highest BCUT2D eigenvalue weighted by Gasteiger charge is 2.22. The third-order valence-electron chi connectivity index (χ3n) is 3.60. The summed E-state index contributed by atoms with van der Waals surface area (Å²) in [6, 6.07) is 4.85. The van der Waals surface area contributed by atoms with E-state index in [4.69, 9.17) is 4.74 Å². The van der Waals surface area contributed by atoms with Crippen LogP contribution >= 0.6 is 0 Å². The molecule has 7 heteroatoms. The molecule has 114 valence electrons. The summed E-state index contributed by atoms with van der Waals surface area (Å²) in [4.78, 5) is 12.0. The maximum Gasteiger partial charge on any atom is 0.292 e. The standard InChI is InChI=1S/C15H16N4O3/c1-22-13-6-5-9(7-12(13)20)8-16-19-15(21)14-10-3-2-4-11(10)17-18-14/h5-8,20H,2-4H2,1H3,(H,17,18)(H,19,21). The Hall–Kier alpha value is -2.83. The largest absolute Gasteiger partial charge is 0.504 e. The number of aromatic nitrogens is 2. The average molecular weight is 300 g/mol. The van der Waals surface area contributed by atoms with Crippen LogP contribution in [-0.2, 0) is 12.8 Å². The van der Waals surface area contributed by atoms with Gasteiger partial charge in [0.25, 0.3) is 5.91 Å². The third kappa shape index (κ3) is 2.65. The monoisotopic (exact) mass is 300 g/mol. The number of nitrogens with one attached hydrogen (secondary N) is 2. The van der Waals surface area contributed by atoms with Crippen molar-refractivity contribution < 1.29 is 14.6 Å². The molecule has 0 aliphatic heterocycles. The Labute approximate surface area is 127 Å². The Morgan fingerprint density at radius 3 is 3.14 bits per heavy atom. The van der Waals surface area contributed by atoms with E-state index in [-0.39, 0.29) is 11.7 Å². The number of carbonyl (C=O) groups is 1. The fourth-order valence-corrected chi connectivity index (χ4v) is 2.51. The number of aryl methyl sites for hydroxylation is 1. The van der Waals surface area contributed by atoms with Gasteiger partial charge in [-0.3, -0.25) is 9.89 Å². The normalized spacial score (nSPS) is 13.3. The number of rotatable bonds is 4. The van der Waals surface area contributed by atoms with E-state index in [1.807, 2.05) is 0 Å². The molecule has 0 radical (unpaired) electrons. The van der Waals surface area contributed by atoms with Gasteiger partial charge in [-0.1, -0.05) is 0 Å². The molecule has 3 N–H and O–H groups in total. The van der Waals surface area contributed by atoms with Crippen molar-refractivity contribution in [3.8, 4) is 11.5 Å². The number of hydrogen-bond acceptors (Lipinski definition) is 5. The number of aromatic amines is 1. The molecule has 7 nitrogen and oxygen atoms in total. The lowest BCUT2D eigenvalue weighted by Crippen LogP contribution is -2.19. The zero-order valence-electron chi connectivity index (χ0n) is 12.1. The van der Waals surface area contributed by atoms with Gasteiger partial charge in [-0.25, -0.2) is 5.43 Å². The van der Waals surface area contributed by atoms with Crippen LogP contribution in [0, 0.1) is 0 Å². The summed E-state index contributed by atoms with van der Waals surface area (Å²) in [5, 5.41) is 20.5. The molecule has 1 aliphatic carbocycles. The van der Waals surface area contributed by atoms with Crippen molar-refractivity contribution in [3.05, 3.63) is 40.7 Å². The highest BCUT2D eigenvalue weighted by atomic mass is 16.5. The molecule has 0 bridgehead atoms. The van der Waals surface area contributed by atoms with E-state index in [9.17, 15) is 9.90 Å². The van der Waals surface area contributed by atoms with Gasteiger partial charge in [-0.2, -0.15) is 10.2 Å². The summed E-state index contributed by atoms with van der Waals surface area (Å²) in [5.74, 6) is 0.0598. The molecule has 0 fully saturated rings. The first-order valence-corrected chi connectivity index (χ1v) is 6.95. The number of hydrazone groups is 1. The van der Waals surface area contributed by atoms with Crippen LogP contribution in [0.25, 0.3) is 0 Å². The van der Waals surface area contributed by atoms with Crippen LogP contribution in [0.1, 0.15) is 33.7 Å². The number of H-pyrrole nitrogens is 1. The van der Waals surface area contributed by atoms with E-state index in [0.29, 0.717) is 17.0 Å². The van der Waals surface area contributed by atoms with Gasteiger partial charge in [0, 0.05) is 11.3 Å². The Balaban J connectivity index is 1.66. The van der Waals surface area contributed by atoms with Crippen LogP contribution in [0.2, 0.25) is 0 Å². The maximum atomic E-state index is 12.0. The second-order valence-corrected chi connectivity index (χ2v) is 5.01. The molecule has 1 aromatic carbocycles. The predicted molar refractivity (Wildman–Crippen MR) is 80.3 cm³/mol. The summed E-state index contributed by atoms with van der Waals surface area (Å²) < 4.78 is 4.96. The van der Waals surface area contributed by atoms with Crippen LogP contribution in [0.4, 0.5) is 0 Å². The van der Waals surface area contributed by atoms with Gasteiger partial charge in [0.2, 0.25) is 0 Å². The third-order valence-corrected chi connectivity index (χ3v) is 3.60. The first kappa shape index (κ1) is 14.1. The van der Waals surface area contributed by atoms with Crippen LogP contribution in [0.15, 0.2) is 23.3 Å². The van der Waals surface area contributed by atoms with E-state index in [2.05, 4.69) is 20.7 Å². The summed E-state index contributed by atoms with van der Waals surface area (Å²) in [7, 11) is 1.48. The lowest BCUT2D eigenvalue weighted by atomic mass is 10.2. The number of aromatic hydroxyl groups is 1. The minimum Gasteiger partial charge on any atom is -0.504 e. The van der Waals surface area contributed by atoms with Crippen LogP contribution in [0.3, 0.4) is 0 Å². The number of nitrogens with zero attached hydrogens (tertiary/aromatic N) is 2. The molecule has 1 heterocycles. The predicted octanol–water partition coefficient (Wildman–Crippen LogP) is 1.38. The molecule has 0 atom stereocenters. The maximum absolute atomic E-state index is 12.0. The molecule has 22 heavy (non-hydrogen) atoms. The summed E-state index contributed by atoms with van der Waals surface area (Å²) >= 11 is 0. The number of hydrogen-bond donors (Lipinski definition) is 3. The van der Waals surface area contributed by atoms with E-state index >= 15 is 0 Å². The minimum absolute atomic E-state index is 0.0166. The molecule has 3 rings (SSSR count). The summed E-state index contributed by atoms with van der Waals surface area (Å²) in [6.45, 7) is 0. The number of benzene rings is 1. The van der Waals surface area contributed by atoms with Crippen LogP contribution in [-0.4, -0.2) is 34.5 Å². The van der Waals surface area contributed by atoms with E-state index in [1.165, 1.54) is 19.4 Å². The van der Waals surface area contributed by atoms with Gasteiger partial charge < -0.3 is 9.84 Å². The fraction of sp³-hybridized carbons (Fsp3) is 0.267. The minimum atomic E-state index is -0.339. The molecule has 0 spiro atoms. The molecule has 0 unspecified atom stereocenters. The fourth-order valence-electron chi connectivity index (χ4n) is 2.51. The highest BCUT2D eigenvalue weighted by Crippen LogP contribution is 2.25. The van der Waals surface area contributed by atoms with Crippen molar-refractivity contribution in [1.29, 1.82) is 0 Å². The molecule has 1 aliphatic rings. The smallest absolute Gasteiger partial charge is 0.292 e. The molecule has 2 aromatic rings. The van der Waals surface area contributed by atoms with Crippen molar-refractivity contribution in [2.75, 3.05) is 7.11 Å². The molecule has 1 aromatic heterocycles. The number of amides is 1. The van der Waals surface area contributed by atoms with Crippen molar-refractivity contribution in [1.82, 2.24) is 15.6 Å². The molecular weight excluding hydrogens is 284 g/mol. The van der Waals surface area contributed by atoms with Crippen molar-refractivity contribution in [3.63, 3.8) is 0 Å². The van der Waals surface area contributed by atoms with Gasteiger partial charge in [0.05, 0.1) is 13.3 Å². The van der Waals surface area contributed by atoms with Crippen LogP contribution < -0.4 is 10.2 Å². The zero-order chi connectivity index (χ0) is 15.5. The first-order valence-electron chi connectivity index (χ1n) is 6.95. The second kappa shape index (κ2) is 5.88. The van der Waals surface area contributed by atoms with Gasteiger partial charge in [0.1, 0.15) is 0 Å².